The third-order valence-corrected chi connectivity index (χ3v) is 2.90. The normalized spacial score (nSPS) is 14.3. The van der Waals surface area contributed by atoms with Gasteiger partial charge >= 0.3 is 0 Å². The molecule has 0 heterocycles. The van der Waals surface area contributed by atoms with Crippen LogP contribution in [-0.4, -0.2) is 36.5 Å². The van der Waals surface area contributed by atoms with Crippen LogP contribution in [0.3, 0.4) is 0 Å². The fourth-order valence-corrected chi connectivity index (χ4v) is 1.81. The van der Waals surface area contributed by atoms with Crippen molar-refractivity contribution in [1.29, 1.82) is 0 Å². The van der Waals surface area contributed by atoms with Crippen LogP contribution in [0.5, 0.6) is 5.75 Å². The number of benzene rings is 1. The van der Waals surface area contributed by atoms with E-state index in [1.165, 1.54) is 12.1 Å². The SMILES string of the molecule is NCC(=O)N(CCOc1ccc(F)cc1)C1CC1. The van der Waals surface area contributed by atoms with E-state index in [1.54, 1.807) is 17.0 Å². The fourth-order valence-electron chi connectivity index (χ4n) is 1.81. The molecule has 2 rings (SSSR count). The van der Waals surface area contributed by atoms with E-state index in [9.17, 15) is 9.18 Å². The summed E-state index contributed by atoms with van der Waals surface area (Å²) in [5.74, 6) is 0.271. The maximum Gasteiger partial charge on any atom is 0.236 e. The van der Waals surface area contributed by atoms with Crippen LogP contribution in [0.2, 0.25) is 0 Å². The predicted octanol–water partition coefficient (Wildman–Crippen LogP) is 1.15. The molecule has 1 aromatic rings. The van der Waals surface area contributed by atoms with Gasteiger partial charge in [0.2, 0.25) is 5.91 Å². The van der Waals surface area contributed by atoms with E-state index >= 15 is 0 Å². The highest BCUT2D eigenvalue weighted by Gasteiger charge is 2.31. The van der Waals surface area contributed by atoms with E-state index in [0.29, 0.717) is 24.9 Å². The van der Waals surface area contributed by atoms with Gasteiger partial charge in [0, 0.05) is 6.04 Å². The van der Waals surface area contributed by atoms with Crippen molar-refractivity contribution in [3.05, 3.63) is 30.1 Å². The Hall–Kier alpha value is -1.62. The highest BCUT2D eigenvalue weighted by atomic mass is 19.1. The molecule has 1 aromatic carbocycles. The molecule has 1 aliphatic rings. The van der Waals surface area contributed by atoms with Crippen LogP contribution < -0.4 is 10.5 Å². The second-order valence-electron chi connectivity index (χ2n) is 4.32. The Labute approximate surface area is 106 Å². The Bertz CT molecular complexity index is 404. The van der Waals surface area contributed by atoms with Crippen molar-refractivity contribution in [3.63, 3.8) is 0 Å². The minimum absolute atomic E-state index is 0.0348. The molecule has 0 spiro atoms. The largest absolute Gasteiger partial charge is 0.492 e. The summed E-state index contributed by atoms with van der Waals surface area (Å²) in [4.78, 5) is 13.3. The van der Waals surface area contributed by atoms with Gasteiger partial charge in [-0.25, -0.2) is 4.39 Å². The van der Waals surface area contributed by atoms with Crippen molar-refractivity contribution in [3.8, 4) is 5.75 Å². The molecule has 5 heteroatoms. The van der Waals surface area contributed by atoms with E-state index in [0.717, 1.165) is 12.8 Å². The summed E-state index contributed by atoms with van der Waals surface area (Å²) >= 11 is 0. The number of hydrogen-bond donors (Lipinski definition) is 1. The van der Waals surface area contributed by atoms with Gasteiger partial charge in [-0.2, -0.15) is 0 Å². The first-order chi connectivity index (χ1) is 8.70. The summed E-state index contributed by atoms with van der Waals surface area (Å²) in [6.07, 6.45) is 2.09. The second-order valence-corrected chi connectivity index (χ2v) is 4.32. The average Bonchev–Trinajstić information content (AvgIpc) is 3.20. The van der Waals surface area contributed by atoms with Crippen molar-refractivity contribution in [2.45, 2.75) is 18.9 Å². The Morgan fingerprint density at radius 2 is 2.06 bits per heavy atom. The van der Waals surface area contributed by atoms with Gasteiger partial charge in [0.05, 0.1) is 13.1 Å². The first kappa shape index (κ1) is 12.8. The highest BCUT2D eigenvalue weighted by molar-refractivity contribution is 5.78. The number of halogens is 1. The molecule has 98 valence electrons. The lowest BCUT2D eigenvalue weighted by atomic mass is 10.3. The summed E-state index contributed by atoms with van der Waals surface area (Å²) in [7, 11) is 0. The number of amides is 1. The van der Waals surface area contributed by atoms with Crippen LogP contribution in [-0.2, 0) is 4.79 Å². The third-order valence-electron chi connectivity index (χ3n) is 2.90. The van der Waals surface area contributed by atoms with E-state index in [2.05, 4.69) is 0 Å². The van der Waals surface area contributed by atoms with E-state index in [4.69, 9.17) is 10.5 Å². The molecule has 0 bridgehead atoms. The lowest BCUT2D eigenvalue weighted by Gasteiger charge is -2.21. The molecule has 0 saturated heterocycles. The van der Waals surface area contributed by atoms with Crippen LogP contribution in [0.15, 0.2) is 24.3 Å². The molecule has 4 nitrogen and oxygen atoms in total. The zero-order valence-electron chi connectivity index (χ0n) is 10.1. The molecular weight excluding hydrogens is 235 g/mol. The van der Waals surface area contributed by atoms with Crippen LogP contribution in [0.4, 0.5) is 4.39 Å². The molecule has 0 unspecified atom stereocenters. The molecule has 0 atom stereocenters. The summed E-state index contributed by atoms with van der Waals surface area (Å²) in [5, 5.41) is 0. The quantitative estimate of drug-likeness (QED) is 0.826. The number of carbonyl (C=O) groups is 1. The molecule has 1 aliphatic carbocycles. The van der Waals surface area contributed by atoms with E-state index in [-0.39, 0.29) is 18.3 Å². The van der Waals surface area contributed by atoms with Gasteiger partial charge in [0.15, 0.2) is 0 Å². The number of rotatable bonds is 6. The Kier molecular flexibility index (Phi) is 4.15. The van der Waals surface area contributed by atoms with Gasteiger partial charge in [0.1, 0.15) is 18.2 Å². The molecule has 0 aromatic heterocycles. The number of nitrogens with two attached hydrogens (primary N) is 1. The molecule has 0 radical (unpaired) electrons. The topological polar surface area (TPSA) is 55.6 Å². The average molecular weight is 252 g/mol. The smallest absolute Gasteiger partial charge is 0.236 e. The maximum atomic E-state index is 12.7. The monoisotopic (exact) mass is 252 g/mol. The third kappa shape index (κ3) is 3.43. The van der Waals surface area contributed by atoms with Crippen LogP contribution in [0.25, 0.3) is 0 Å². The van der Waals surface area contributed by atoms with Crippen LogP contribution in [0, 0.1) is 5.82 Å². The number of hydrogen-bond acceptors (Lipinski definition) is 3. The van der Waals surface area contributed by atoms with Gasteiger partial charge < -0.3 is 15.4 Å². The van der Waals surface area contributed by atoms with E-state index in [1.807, 2.05) is 0 Å². The predicted molar refractivity (Wildman–Crippen MR) is 65.7 cm³/mol. The molecule has 1 amide bonds. The number of nitrogens with zero attached hydrogens (tertiary/aromatic N) is 1. The maximum absolute atomic E-state index is 12.7. The Morgan fingerprint density at radius 1 is 1.39 bits per heavy atom. The van der Waals surface area contributed by atoms with Gasteiger partial charge in [0.25, 0.3) is 0 Å². The molecule has 1 fully saturated rings. The second kappa shape index (κ2) is 5.82. The van der Waals surface area contributed by atoms with Gasteiger partial charge in [-0.3, -0.25) is 4.79 Å². The summed E-state index contributed by atoms with van der Waals surface area (Å²) < 4.78 is 18.1. The number of carbonyl (C=O) groups excluding carboxylic acids is 1. The molecule has 2 N–H and O–H groups in total. The minimum Gasteiger partial charge on any atom is -0.492 e. The Morgan fingerprint density at radius 3 is 2.61 bits per heavy atom. The molecule has 18 heavy (non-hydrogen) atoms. The lowest BCUT2D eigenvalue weighted by Crippen LogP contribution is -2.40. The van der Waals surface area contributed by atoms with Crippen molar-refractivity contribution < 1.29 is 13.9 Å². The first-order valence-electron chi connectivity index (χ1n) is 6.08. The fraction of sp³-hybridized carbons (Fsp3) is 0.462. The van der Waals surface area contributed by atoms with Crippen molar-refractivity contribution >= 4 is 5.91 Å². The van der Waals surface area contributed by atoms with Crippen molar-refractivity contribution in [1.82, 2.24) is 4.90 Å². The van der Waals surface area contributed by atoms with Gasteiger partial charge in [-0.1, -0.05) is 0 Å². The van der Waals surface area contributed by atoms with Gasteiger partial charge in [-0.15, -0.1) is 0 Å². The zero-order chi connectivity index (χ0) is 13.0. The summed E-state index contributed by atoms with van der Waals surface area (Å²) in [6, 6.07) is 6.17. The number of ether oxygens (including phenoxy) is 1. The highest BCUT2D eigenvalue weighted by Crippen LogP contribution is 2.26. The van der Waals surface area contributed by atoms with Crippen LogP contribution >= 0.6 is 0 Å². The minimum atomic E-state index is -0.291. The van der Waals surface area contributed by atoms with Gasteiger partial charge in [-0.05, 0) is 37.1 Å². The zero-order valence-corrected chi connectivity index (χ0v) is 10.1. The Balaban J connectivity index is 1.79. The lowest BCUT2D eigenvalue weighted by molar-refractivity contribution is -0.130. The molecule has 0 aliphatic heterocycles. The van der Waals surface area contributed by atoms with Crippen LogP contribution in [0.1, 0.15) is 12.8 Å². The first-order valence-corrected chi connectivity index (χ1v) is 6.08. The van der Waals surface area contributed by atoms with Crippen molar-refractivity contribution in [2.24, 2.45) is 5.73 Å². The molecule has 1 saturated carbocycles. The van der Waals surface area contributed by atoms with E-state index < -0.39 is 0 Å². The standard InChI is InChI=1S/C13H17FN2O2/c14-10-1-5-12(6-2-10)18-8-7-16(11-3-4-11)13(17)9-15/h1-2,5-6,11H,3-4,7-9,15H2. The van der Waals surface area contributed by atoms with Crippen molar-refractivity contribution in [2.75, 3.05) is 19.7 Å². The molecular formula is C13H17FN2O2. The summed E-state index contributed by atoms with van der Waals surface area (Å²) in [6.45, 7) is 0.957. The summed E-state index contributed by atoms with van der Waals surface area (Å²) in [5.41, 5.74) is 5.36.